The van der Waals surface area contributed by atoms with Crippen LogP contribution in [-0.4, -0.2) is 76.3 Å². The number of morpholine rings is 1. The van der Waals surface area contributed by atoms with Crippen LogP contribution in [0.1, 0.15) is 51.9 Å². The summed E-state index contributed by atoms with van der Waals surface area (Å²) in [5.74, 6) is -1.35. The number of urea groups is 1. The molecule has 232 valence electrons. The number of rotatable bonds is 7. The first-order chi connectivity index (χ1) is 20.4. The lowest BCUT2D eigenvalue weighted by molar-refractivity contribution is -0.105. The van der Waals surface area contributed by atoms with Crippen molar-refractivity contribution in [1.82, 2.24) is 30.3 Å². The first-order valence-electron chi connectivity index (χ1n) is 14.9. The highest BCUT2D eigenvalue weighted by Crippen LogP contribution is 2.43. The monoisotopic (exact) mass is 598 g/mol. The maximum atomic E-state index is 15.0. The van der Waals surface area contributed by atoms with Gasteiger partial charge in [-0.1, -0.05) is 51.1 Å². The van der Waals surface area contributed by atoms with Gasteiger partial charge in [0, 0.05) is 38.0 Å². The zero-order valence-electron chi connectivity index (χ0n) is 25.4. The Labute approximate surface area is 251 Å². The van der Waals surface area contributed by atoms with E-state index in [2.05, 4.69) is 31.4 Å². The van der Waals surface area contributed by atoms with Crippen LogP contribution in [0.3, 0.4) is 0 Å². The lowest BCUT2D eigenvalue weighted by Crippen LogP contribution is -2.62. The summed E-state index contributed by atoms with van der Waals surface area (Å²) in [5.41, 5.74) is 0.442. The molecule has 8 nitrogen and oxygen atoms in total. The van der Waals surface area contributed by atoms with Crippen molar-refractivity contribution < 1.29 is 22.7 Å². The molecule has 5 rings (SSSR count). The normalized spacial score (nSPS) is 25.1. The third kappa shape index (κ3) is 6.88. The fourth-order valence-corrected chi connectivity index (χ4v) is 6.32. The number of carbonyl (C=O) groups excluding carboxylic acids is 1. The van der Waals surface area contributed by atoms with Crippen molar-refractivity contribution >= 4 is 6.03 Å². The molecule has 11 heteroatoms. The van der Waals surface area contributed by atoms with E-state index in [1.54, 1.807) is 9.58 Å². The number of nitrogens with one attached hydrogen (secondary N) is 2. The number of amides is 2. The van der Waals surface area contributed by atoms with Crippen LogP contribution >= 0.6 is 0 Å². The minimum atomic E-state index is -1.01. The lowest BCUT2D eigenvalue weighted by Gasteiger charge is -2.49. The van der Waals surface area contributed by atoms with E-state index in [9.17, 15) is 18.0 Å². The van der Waals surface area contributed by atoms with Crippen molar-refractivity contribution in [3.8, 4) is 11.4 Å². The van der Waals surface area contributed by atoms with Gasteiger partial charge in [-0.3, -0.25) is 0 Å². The Morgan fingerprint density at radius 2 is 1.88 bits per heavy atom. The number of carbonyl (C=O) groups is 1. The molecule has 0 bridgehead atoms. The SMILES string of the molecule is CC1CN(C(=O)NC[C@@H]2CNC[C@@H]2F)C([C@H](c2nc(-c3cc(F)ccc3F)nn2Cc2ccccc2)C(C)(C)C)C(C)O1. The highest BCUT2D eigenvalue weighted by molar-refractivity contribution is 5.75. The predicted octanol–water partition coefficient (Wildman–Crippen LogP) is 5.15. The Bertz CT molecular complexity index is 1410. The number of nitrogens with zero attached hydrogens (tertiary/aromatic N) is 4. The maximum absolute atomic E-state index is 15.0. The van der Waals surface area contributed by atoms with Gasteiger partial charge in [0.05, 0.1) is 30.4 Å². The molecule has 2 amide bonds. The maximum Gasteiger partial charge on any atom is 0.317 e. The summed E-state index contributed by atoms with van der Waals surface area (Å²) in [4.78, 5) is 20.4. The topological polar surface area (TPSA) is 84.3 Å². The molecule has 2 aliphatic heterocycles. The molecule has 2 N–H and O–H groups in total. The second kappa shape index (κ2) is 12.7. The van der Waals surface area contributed by atoms with Crippen LogP contribution in [0.25, 0.3) is 11.4 Å². The third-order valence-corrected chi connectivity index (χ3v) is 8.37. The van der Waals surface area contributed by atoms with Gasteiger partial charge in [-0.15, -0.1) is 0 Å². The Hall–Kier alpha value is -3.44. The summed E-state index contributed by atoms with van der Waals surface area (Å²) in [6.07, 6.45) is -1.63. The summed E-state index contributed by atoms with van der Waals surface area (Å²) < 4.78 is 51.5. The molecular weight excluding hydrogens is 557 g/mol. The molecule has 2 aromatic carbocycles. The number of hydrogen-bond donors (Lipinski definition) is 2. The van der Waals surface area contributed by atoms with Gasteiger partial charge >= 0.3 is 6.03 Å². The van der Waals surface area contributed by atoms with Gasteiger partial charge in [0.15, 0.2) is 5.82 Å². The van der Waals surface area contributed by atoms with Crippen molar-refractivity contribution in [2.75, 3.05) is 26.2 Å². The zero-order chi connectivity index (χ0) is 30.9. The van der Waals surface area contributed by atoms with Crippen molar-refractivity contribution in [3.63, 3.8) is 0 Å². The molecule has 0 radical (unpaired) electrons. The summed E-state index contributed by atoms with van der Waals surface area (Å²) >= 11 is 0. The van der Waals surface area contributed by atoms with Gasteiger partial charge in [0.25, 0.3) is 0 Å². The molecule has 3 aromatic rings. The molecule has 3 heterocycles. The summed E-state index contributed by atoms with van der Waals surface area (Å²) in [6, 6.07) is 12.1. The number of alkyl halides is 1. The Balaban J connectivity index is 1.57. The van der Waals surface area contributed by atoms with E-state index in [1.165, 1.54) is 0 Å². The first-order valence-corrected chi connectivity index (χ1v) is 14.9. The molecule has 2 saturated heterocycles. The molecule has 0 spiro atoms. The standard InChI is InChI=1S/C32H41F3N6O2/c1-19-17-40(31(42)37-15-22-14-36-16-26(22)35)28(20(2)43-19)27(32(3,4)5)30-38-29(24-13-23(33)11-12-25(24)34)39-41(30)18-21-9-7-6-8-10-21/h6-13,19-20,22,26-28,36H,14-18H2,1-5H3,(H,37,42)/t19?,20?,22-,26-,27+,28?/m0/s1. The van der Waals surface area contributed by atoms with Crippen LogP contribution in [0.5, 0.6) is 0 Å². The quantitative estimate of drug-likeness (QED) is 0.393. The van der Waals surface area contributed by atoms with Crippen molar-refractivity contribution in [3.05, 3.63) is 71.6 Å². The van der Waals surface area contributed by atoms with E-state index >= 15 is 0 Å². The van der Waals surface area contributed by atoms with E-state index in [0.717, 1.165) is 23.8 Å². The van der Waals surface area contributed by atoms with Crippen molar-refractivity contribution in [2.45, 2.75) is 71.5 Å². The van der Waals surface area contributed by atoms with Crippen molar-refractivity contribution in [1.29, 1.82) is 0 Å². The fourth-order valence-electron chi connectivity index (χ4n) is 6.32. The van der Waals surface area contributed by atoms with Crippen LogP contribution in [0.2, 0.25) is 0 Å². The fraction of sp³-hybridized carbons (Fsp3) is 0.531. The highest BCUT2D eigenvalue weighted by Gasteiger charge is 2.48. The highest BCUT2D eigenvalue weighted by atomic mass is 19.1. The summed E-state index contributed by atoms with van der Waals surface area (Å²) in [7, 11) is 0. The Morgan fingerprint density at radius 3 is 2.56 bits per heavy atom. The van der Waals surface area contributed by atoms with E-state index < -0.39 is 41.3 Å². The Morgan fingerprint density at radius 1 is 1.14 bits per heavy atom. The van der Waals surface area contributed by atoms with E-state index in [1.807, 2.05) is 44.2 Å². The average molecular weight is 599 g/mol. The number of aromatic nitrogens is 3. The molecule has 0 aliphatic carbocycles. The predicted molar refractivity (Wildman–Crippen MR) is 158 cm³/mol. The second-order valence-electron chi connectivity index (χ2n) is 12.8. The van der Waals surface area contributed by atoms with Crippen LogP contribution in [0, 0.1) is 23.0 Å². The van der Waals surface area contributed by atoms with E-state index in [-0.39, 0.29) is 42.5 Å². The zero-order valence-corrected chi connectivity index (χ0v) is 25.4. The lowest BCUT2D eigenvalue weighted by atomic mass is 9.73. The summed E-state index contributed by atoms with van der Waals surface area (Å²) in [6.45, 7) is 11.7. The molecule has 2 fully saturated rings. The second-order valence-corrected chi connectivity index (χ2v) is 12.8. The Kier molecular flexibility index (Phi) is 9.12. The van der Waals surface area contributed by atoms with E-state index in [0.29, 0.717) is 25.5 Å². The van der Waals surface area contributed by atoms with Crippen LogP contribution < -0.4 is 10.6 Å². The third-order valence-electron chi connectivity index (χ3n) is 8.37. The van der Waals surface area contributed by atoms with E-state index in [4.69, 9.17) is 14.8 Å². The average Bonchev–Trinajstić information content (AvgIpc) is 3.55. The number of benzene rings is 2. The van der Waals surface area contributed by atoms with Gasteiger partial charge in [-0.25, -0.2) is 27.6 Å². The first kappa shape index (κ1) is 31.0. The van der Waals surface area contributed by atoms with Crippen LogP contribution in [0.15, 0.2) is 48.5 Å². The number of halogens is 3. The minimum Gasteiger partial charge on any atom is -0.372 e. The smallest absolute Gasteiger partial charge is 0.317 e. The van der Waals surface area contributed by atoms with Gasteiger partial charge in [0.2, 0.25) is 0 Å². The van der Waals surface area contributed by atoms with Gasteiger partial charge < -0.3 is 20.3 Å². The van der Waals surface area contributed by atoms with Gasteiger partial charge in [-0.05, 0) is 43.0 Å². The van der Waals surface area contributed by atoms with Crippen LogP contribution in [-0.2, 0) is 11.3 Å². The molecule has 0 saturated carbocycles. The molecule has 3 unspecified atom stereocenters. The molecule has 6 atom stereocenters. The minimum absolute atomic E-state index is 0.0390. The largest absolute Gasteiger partial charge is 0.372 e. The molecular formula is C32H41F3N6O2. The number of hydrogen-bond acceptors (Lipinski definition) is 5. The van der Waals surface area contributed by atoms with Gasteiger partial charge in [-0.2, -0.15) is 5.10 Å². The molecule has 1 aromatic heterocycles. The number of ether oxygens (including phenoxy) is 1. The summed E-state index contributed by atoms with van der Waals surface area (Å²) in [5, 5.41) is 10.7. The van der Waals surface area contributed by atoms with Crippen molar-refractivity contribution in [2.24, 2.45) is 11.3 Å². The van der Waals surface area contributed by atoms with Gasteiger partial charge in [0.1, 0.15) is 23.6 Å². The molecule has 43 heavy (non-hydrogen) atoms. The van der Waals surface area contributed by atoms with Crippen LogP contribution in [0.4, 0.5) is 18.0 Å². The molecule has 2 aliphatic rings.